The van der Waals surface area contributed by atoms with Crippen molar-refractivity contribution in [1.82, 2.24) is 15.1 Å². The summed E-state index contributed by atoms with van der Waals surface area (Å²) in [5, 5.41) is 14.8. The molecule has 0 bridgehead atoms. The largest absolute Gasteiger partial charge is 0.490 e. The van der Waals surface area contributed by atoms with E-state index in [2.05, 4.69) is 17.3 Å². The molecule has 2 heterocycles. The molecule has 0 amide bonds. The Labute approximate surface area is 102 Å². The van der Waals surface area contributed by atoms with Gasteiger partial charge >= 0.3 is 12.1 Å². The van der Waals surface area contributed by atoms with Gasteiger partial charge in [-0.3, -0.25) is 4.68 Å². The van der Waals surface area contributed by atoms with Crippen molar-refractivity contribution < 1.29 is 23.1 Å². The molecule has 2 rings (SSSR count). The summed E-state index contributed by atoms with van der Waals surface area (Å²) in [7, 11) is 2.02. The number of hydrogen-bond acceptors (Lipinski definition) is 3. The van der Waals surface area contributed by atoms with Gasteiger partial charge in [-0.25, -0.2) is 4.79 Å². The van der Waals surface area contributed by atoms with E-state index in [0.29, 0.717) is 0 Å². The van der Waals surface area contributed by atoms with Gasteiger partial charge in [0.05, 0.1) is 5.69 Å². The second-order valence-electron chi connectivity index (χ2n) is 3.86. The van der Waals surface area contributed by atoms with Crippen LogP contribution < -0.4 is 5.32 Å². The second-order valence-corrected chi connectivity index (χ2v) is 3.86. The molecule has 18 heavy (non-hydrogen) atoms. The molecule has 5 nitrogen and oxygen atoms in total. The van der Waals surface area contributed by atoms with E-state index in [-0.39, 0.29) is 0 Å². The van der Waals surface area contributed by atoms with Gasteiger partial charge in [0, 0.05) is 37.8 Å². The van der Waals surface area contributed by atoms with Crippen LogP contribution in [-0.4, -0.2) is 33.6 Å². The third kappa shape index (κ3) is 3.46. The number of halogens is 3. The summed E-state index contributed by atoms with van der Waals surface area (Å²) in [4.78, 5) is 8.90. The molecule has 0 saturated carbocycles. The average Bonchev–Trinajstić information content (AvgIpc) is 2.55. The summed E-state index contributed by atoms with van der Waals surface area (Å²) in [5.41, 5.74) is 3.98. The lowest BCUT2D eigenvalue weighted by Gasteiger charge is -2.13. The molecule has 0 spiro atoms. The smallest absolute Gasteiger partial charge is 0.475 e. The lowest BCUT2D eigenvalue weighted by atomic mass is 10.1. The number of nitrogens with one attached hydrogen (secondary N) is 1. The maximum Gasteiger partial charge on any atom is 0.490 e. The molecule has 2 N–H and O–H groups in total. The molecule has 1 aromatic rings. The molecule has 0 atom stereocenters. The van der Waals surface area contributed by atoms with Crippen LogP contribution >= 0.6 is 0 Å². The van der Waals surface area contributed by atoms with Crippen LogP contribution in [-0.2, 0) is 24.8 Å². The van der Waals surface area contributed by atoms with Gasteiger partial charge < -0.3 is 10.4 Å². The second kappa shape index (κ2) is 5.38. The van der Waals surface area contributed by atoms with Gasteiger partial charge in [-0.05, 0) is 6.92 Å². The molecular weight excluding hydrogens is 251 g/mol. The molecule has 1 aliphatic heterocycles. The summed E-state index contributed by atoms with van der Waals surface area (Å²) in [6.45, 7) is 4.16. The van der Waals surface area contributed by atoms with E-state index >= 15 is 0 Å². The number of rotatable bonds is 0. The van der Waals surface area contributed by atoms with Crippen molar-refractivity contribution in [3.63, 3.8) is 0 Å². The number of aryl methyl sites for hydroxylation is 2. The topological polar surface area (TPSA) is 67.2 Å². The zero-order valence-corrected chi connectivity index (χ0v) is 10.0. The van der Waals surface area contributed by atoms with Gasteiger partial charge in [0.25, 0.3) is 0 Å². The monoisotopic (exact) mass is 265 g/mol. The number of fused-ring (bicyclic) bond motifs is 1. The molecule has 0 fully saturated rings. The Hall–Kier alpha value is -1.57. The van der Waals surface area contributed by atoms with Crippen LogP contribution in [0, 0.1) is 6.92 Å². The zero-order chi connectivity index (χ0) is 13.9. The predicted octanol–water partition coefficient (Wildman–Crippen LogP) is 1.01. The van der Waals surface area contributed by atoms with Crippen molar-refractivity contribution in [2.24, 2.45) is 7.05 Å². The first-order valence-corrected chi connectivity index (χ1v) is 5.25. The Bertz CT molecular complexity index is 414. The maximum atomic E-state index is 10.6. The summed E-state index contributed by atoms with van der Waals surface area (Å²) in [6.07, 6.45) is -3.97. The summed E-state index contributed by atoms with van der Waals surface area (Å²) < 4.78 is 33.7. The Morgan fingerprint density at radius 1 is 1.50 bits per heavy atom. The molecule has 102 valence electrons. The van der Waals surface area contributed by atoms with E-state index in [1.165, 1.54) is 17.0 Å². The van der Waals surface area contributed by atoms with Crippen LogP contribution in [0.3, 0.4) is 0 Å². The van der Waals surface area contributed by atoms with E-state index in [1.807, 2.05) is 11.7 Å². The fourth-order valence-corrected chi connectivity index (χ4v) is 1.71. The van der Waals surface area contributed by atoms with E-state index in [4.69, 9.17) is 9.90 Å². The molecule has 0 aromatic carbocycles. The molecule has 1 aromatic heterocycles. The summed E-state index contributed by atoms with van der Waals surface area (Å²) in [5.74, 6) is -2.76. The minimum atomic E-state index is -5.08. The Morgan fingerprint density at radius 3 is 2.50 bits per heavy atom. The highest BCUT2D eigenvalue weighted by molar-refractivity contribution is 5.73. The van der Waals surface area contributed by atoms with Crippen molar-refractivity contribution in [3.8, 4) is 0 Å². The minimum Gasteiger partial charge on any atom is -0.475 e. The summed E-state index contributed by atoms with van der Waals surface area (Å²) >= 11 is 0. The lowest BCUT2D eigenvalue weighted by Crippen LogP contribution is -2.24. The number of aromatic nitrogens is 2. The van der Waals surface area contributed by atoms with Crippen LogP contribution in [0.1, 0.15) is 17.0 Å². The fourth-order valence-electron chi connectivity index (χ4n) is 1.71. The minimum absolute atomic E-state index is 0.995. The Morgan fingerprint density at radius 2 is 2.06 bits per heavy atom. The first-order chi connectivity index (χ1) is 8.23. The number of alkyl halides is 3. The van der Waals surface area contributed by atoms with E-state index in [9.17, 15) is 13.2 Å². The third-order valence-corrected chi connectivity index (χ3v) is 2.56. The highest BCUT2D eigenvalue weighted by Gasteiger charge is 2.38. The van der Waals surface area contributed by atoms with Crippen LogP contribution in [0.5, 0.6) is 0 Å². The van der Waals surface area contributed by atoms with Gasteiger partial charge in [-0.2, -0.15) is 18.3 Å². The first-order valence-electron chi connectivity index (χ1n) is 5.25. The fraction of sp³-hybridized carbons (Fsp3) is 0.600. The van der Waals surface area contributed by atoms with Gasteiger partial charge in [0.15, 0.2) is 0 Å². The lowest BCUT2D eigenvalue weighted by molar-refractivity contribution is -0.192. The molecule has 0 unspecified atom stereocenters. The Balaban J connectivity index is 0.000000203. The van der Waals surface area contributed by atoms with Crippen molar-refractivity contribution >= 4 is 5.97 Å². The normalized spacial score (nSPS) is 14.5. The highest BCUT2D eigenvalue weighted by atomic mass is 19.4. The summed E-state index contributed by atoms with van der Waals surface area (Å²) in [6, 6.07) is 0. The molecule has 1 aliphatic rings. The standard InChI is InChI=1S/C8H13N3.C2HF3O2/c1-6-7-5-9-4-3-8(7)11(2)10-6;3-2(4,5)1(6)7/h9H,3-5H2,1-2H3;(H,6,7). The van der Waals surface area contributed by atoms with Crippen molar-refractivity contribution in [2.45, 2.75) is 26.1 Å². The number of hydrogen-bond donors (Lipinski definition) is 2. The highest BCUT2D eigenvalue weighted by Crippen LogP contribution is 2.15. The van der Waals surface area contributed by atoms with Crippen molar-refractivity contribution in [3.05, 3.63) is 17.0 Å². The van der Waals surface area contributed by atoms with Crippen molar-refractivity contribution in [1.29, 1.82) is 0 Å². The number of carboxylic acid groups (broad SMARTS) is 1. The zero-order valence-electron chi connectivity index (χ0n) is 10.0. The van der Waals surface area contributed by atoms with E-state index < -0.39 is 12.1 Å². The first kappa shape index (κ1) is 14.5. The average molecular weight is 265 g/mol. The molecule has 0 saturated heterocycles. The predicted molar refractivity (Wildman–Crippen MR) is 57.0 cm³/mol. The maximum absolute atomic E-state index is 10.6. The molecular formula is C10H14F3N3O2. The van der Waals surface area contributed by atoms with Gasteiger partial charge in [0.2, 0.25) is 0 Å². The molecule has 0 aliphatic carbocycles. The van der Waals surface area contributed by atoms with E-state index in [0.717, 1.165) is 19.5 Å². The molecule has 8 heteroatoms. The number of carbonyl (C=O) groups is 1. The van der Waals surface area contributed by atoms with Crippen LogP contribution in [0.15, 0.2) is 0 Å². The quantitative estimate of drug-likeness (QED) is 0.734. The van der Waals surface area contributed by atoms with Crippen LogP contribution in [0.4, 0.5) is 13.2 Å². The Kier molecular flexibility index (Phi) is 4.33. The van der Waals surface area contributed by atoms with Crippen molar-refractivity contribution in [2.75, 3.05) is 6.54 Å². The third-order valence-electron chi connectivity index (χ3n) is 2.56. The SMILES string of the molecule is Cc1nn(C)c2c1CNCC2.O=C(O)C(F)(F)F. The number of aliphatic carboxylic acids is 1. The van der Waals surface area contributed by atoms with Gasteiger partial charge in [0.1, 0.15) is 0 Å². The van der Waals surface area contributed by atoms with Crippen LogP contribution in [0.2, 0.25) is 0 Å². The van der Waals surface area contributed by atoms with Crippen LogP contribution in [0.25, 0.3) is 0 Å². The van der Waals surface area contributed by atoms with E-state index in [1.54, 1.807) is 0 Å². The number of nitrogens with zero attached hydrogens (tertiary/aromatic N) is 2. The number of carboxylic acids is 1. The van der Waals surface area contributed by atoms with Gasteiger partial charge in [-0.15, -0.1) is 0 Å². The van der Waals surface area contributed by atoms with Gasteiger partial charge in [-0.1, -0.05) is 0 Å². The molecule has 0 radical (unpaired) electrons.